The van der Waals surface area contributed by atoms with Crippen LogP contribution in [0.25, 0.3) is 0 Å². The molecule has 0 spiro atoms. The van der Waals surface area contributed by atoms with Crippen molar-refractivity contribution in [3.63, 3.8) is 0 Å². The summed E-state index contributed by atoms with van der Waals surface area (Å²) in [5, 5.41) is 30.2. The molecule has 1 unspecified atom stereocenters. The van der Waals surface area contributed by atoms with Crippen molar-refractivity contribution in [2.75, 3.05) is 0 Å². The zero-order chi connectivity index (χ0) is 20.9. The zero-order valence-corrected chi connectivity index (χ0v) is 18.3. The molecule has 3 fully saturated rings. The van der Waals surface area contributed by atoms with E-state index in [4.69, 9.17) is 5.11 Å². The van der Waals surface area contributed by atoms with Crippen molar-refractivity contribution in [3.05, 3.63) is 11.6 Å². The second-order valence-corrected chi connectivity index (χ2v) is 10.0. The number of fused-ring (bicyclic) bond motifs is 1. The fraction of sp³-hybridized carbons (Fsp3) is 0.880. The first-order valence-corrected chi connectivity index (χ1v) is 12.3. The lowest BCUT2D eigenvalue weighted by molar-refractivity contribution is -0.137. The van der Waals surface area contributed by atoms with Gasteiger partial charge in [-0.1, -0.05) is 37.8 Å². The topological polar surface area (TPSA) is 77.8 Å². The van der Waals surface area contributed by atoms with Crippen molar-refractivity contribution < 1.29 is 20.1 Å². The van der Waals surface area contributed by atoms with Gasteiger partial charge in [-0.25, -0.2) is 0 Å². The van der Waals surface area contributed by atoms with Gasteiger partial charge < -0.3 is 15.3 Å². The molecule has 3 aliphatic rings. The van der Waals surface area contributed by atoms with Gasteiger partial charge in [-0.3, -0.25) is 4.79 Å². The maximum absolute atomic E-state index is 10.8. The average Bonchev–Trinajstić information content (AvgIpc) is 2.71. The number of aliphatic carboxylic acids is 1. The molecule has 0 saturated heterocycles. The maximum Gasteiger partial charge on any atom is 0.303 e. The predicted molar refractivity (Wildman–Crippen MR) is 116 cm³/mol. The van der Waals surface area contributed by atoms with E-state index in [0.717, 1.165) is 57.8 Å². The quantitative estimate of drug-likeness (QED) is 0.332. The van der Waals surface area contributed by atoms with Gasteiger partial charge in [0.15, 0.2) is 0 Å². The minimum Gasteiger partial charge on any atom is -0.481 e. The second kappa shape index (κ2) is 10.4. The average molecular weight is 407 g/mol. The smallest absolute Gasteiger partial charge is 0.303 e. The molecule has 0 amide bonds. The third kappa shape index (κ3) is 5.25. The van der Waals surface area contributed by atoms with E-state index in [1.165, 1.54) is 32.1 Å². The summed E-state index contributed by atoms with van der Waals surface area (Å²) in [5.41, 5.74) is 1.82. The summed E-state index contributed by atoms with van der Waals surface area (Å²) in [6.45, 7) is 2.29. The Kier molecular flexibility index (Phi) is 8.21. The van der Waals surface area contributed by atoms with Gasteiger partial charge in [0.25, 0.3) is 0 Å². The molecule has 3 N–H and O–H groups in total. The molecule has 29 heavy (non-hydrogen) atoms. The molecule has 0 aromatic rings. The summed E-state index contributed by atoms with van der Waals surface area (Å²) in [6.07, 6.45) is 17.1. The van der Waals surface area contributed by atoms with Crippen LogP contribution in [0.1, 0.15) is 103 Å². The third-order valence-electron chi connectivity index (χ3n) is 8.54. The van der Waals surface area contributed by atoms with Crippen molar-refractivity contribution in [2.24, 2.45) is 23.2 Å². The van der Waals surface area contributed by atoms with E-state index < -0.39 is 5.97 Å². The zero-order valence-electron chi connectivity index (χ0n) is 18.3. The van der Waals surface area contributed by atoms with Gasteiger partial charge >= 0.3 is 5.97 Å². The molecule has 166 valence electrons. The Hall–Kier alpha value is -0.870. The number of aliphatic hydroxyl groups is 2. The highest BCUT2D eigenvalue weighted by atomic mass is 16.4. The van der Waals surface area contributed by atoms with E-state index in [1.807, 2.05) is 0 Å². The Morgan fingerprint density at radius 1 is 1.21 bits per heavy atom. The highest BCUT2D eigenvalue weighted by molar-refractivity contribution is 5.66. The molecule has 5 atom stereocenters. The molecule has 4 nitrogen and oxygen atoms in total. The number of aliphatic hydroxyl groups excluding tert-OH is 2. The molecular formula is C25H42O4. The van der Waals surface area contributed by atoms with Gasteiger partial charge in [0.2, 0.25) is 0 Å². The number of rotatable bonds is 10. The Morgan fingerprint density at radius 3 is 2.66 bits per heavy atom. The number of unbranched alkanes of at least 4 members (excludes halogenated alkanes) is 2. The molecule has 0 bridgehead atoms. The van der Waals surface area contributed by atoms with Crippen LogP contribution < -0.4 is 0 Å². The fourth-order valence-electron chi connectivity index (χ4n) is 6.70. The molecule has 3 saturated carbocycles. The van der Waals surface area contributed by atoms with E-state index in [1.54, 1.807) is 5.57 Å². The minimum absolute atomic E-state index is 0.190. The van der Waals surface area contributed by atoms with Crippen LogP contribution in [-0.2, 0) is 4.79 Å². The van der Waals surface area contributed by atoms with Gasteiger partial charge in [0.1, 0.15) is 0 Å². The number of hydrogen-bond acceptors (Lipinski definition) is 3. The van der Waals surface area contributed by atoms with Gasteiger partial charge in [0.05, 0.1) is 12.2 Å². The number of allylic oxidation sites excluding steroid dienone is 2. The van der Waals surface area contributed by atoms with Gasteiger partial charge in [-0.05, 0) is 93.8 Å². The number of carbonyl (C=O) groups is 1. The number of carboxylic acids is 1. The first kappa shape index (κ1) is 22.8. The third-order valence-corrected chi connectivity index (χ3v) is 8.54. The standard InChI is InChI=1S/C25H42O4/c1-2-25-16-15-23(27)20(13-14-22(26)18-9-5-3-6-10-18)21(25)17-19(25)11-7-4-8-12-24(28)29/h11,18,20-23,26-27H,2-10,12-17H2,1H3,(H,28,29)/t20-,21-,22?,23-,25-/m0/s1. The van der Waals surface area contributed by atoms with E-state index in [0.29, 0.717) is 17.8 Å². The van der Waals surface area contributed by atoms with Crippen LogP contribution in [0.15, 0.2) is 11.6 Å². The summed E-state index contributed by atoms with van der Waals surface area (Å²) in [4.78, 5) is 10.7. The Bertz CT molecular complexity index is 565. The summed E-state index contributed by atoms with van der Waals surface area (Å²) in [5.74, 6) is 0.653. The number of hydrogen-bond donors (Lipinski definition) is 3. The van der Waals surface area contributed by atoms with Crippen LogP contribution in [-0.4, -0.2) is 33.5 Å². The first-order valence-electron chi connectivity index (χ1n) is 12.3. The predicted octanol–water partition coefficient (Wildman–Crippen LogP) is 5.47. The summed E-state index contributed by atoms with van der Waals surface area (Å²) in [6, 6.07) is 0. The molecule has 0 heterocycles. The Labute approximate surface area is 176 Å². The highest BCUT2D eigenvalue weighted by Gasteiger charge is 2.56. The molecule has 0 aliphatic heterocycles. The molecular weight excluding hydrogens is 364 g/mol. The van der Waals surface area contributed by atoms with Crippen LogP contribution in [0.5, 0.6) is 0 Å². The van der Waals surface area contributed by atoms with Crippen molar-refractivity contribution in [1.82, 2.24) is 0 Å². The maximum atomic E-state index is 10.8. The van der Waals surface area contributed by atoms with Gasteiger partial charge in [-0.2, -0.15) is 0 Å². The molecule has 0 radical (unpaired) electrons. The van der Waals surface area contributed by atoms with E-state index in [2.05, 4.69) is 13.0 Å². The van der Waals surface area contributed by atoms with Crippen molar-refractivity contribution in [3.8, 4) is 0 Å². The molecule has 3 aliphatic carbocycles. The summed E-state index contributed by atoms with van der Waals surface area (Å²) < 4.78 is 0. The monoisotopic (exact) mass is 406 g/mol. The van der Waals surface area contributed by atoms with Crippen LogP contribution in [0.3, 0.4) is 0 Å². The lowest BCUT2D eigenvalue weighted by Crippen LogP contribution is -2.53. The second-order valence-electron chi connectivity index (χ2n) is 10.0. The first-order chi connectivity index (χ1) is 14.0. The minimum atomic E-state index is -0.703. The van der Waals surface area contributed by atoms with E-state index in [9.17, 15) is 15.0 Å². The van der Waals surface area contributed by atoms with Gasteiger partial charge in [0, 0.05) is 6.42 Å². The van der Waals surface area contributed by atoms with Crippen molar-refractivity contribution in [1.29, 1.82) is 0 Å². The fourth-order valence-corrected chi connectivity index (χ4v) is 6.70. The summed E-state index contributed by atoms with van der Waals surface area (Å²) in [7, 11) is 0. The molecule has 4 heteroatoms. The van der Waals surface area contributed by atoms with Crippen LogP contribution in [0, 0.1) is 23.2 Å². The van der Waals surface area contributed by atoms with Gasteiger partial charge in [-0.15, -0.1) is 0 Å². The largest absolute Gasteiger partial charge is 0.481 e. The van der Waals surface area contributed by atoms with E-state index in [-0.39, 0.29) is 24.0 Å². The highest BCUT2D eigenvalue weighted by Crippen LogP contribution is 2.63. The lowest BCUT2D eigenvalue weighted by Gasteiger charge is -2.60. The number of carboxylic acid groups (broad SMARTS) is 1. The molecule has 0 aromatic heterocycles. The normalized spacial score (nSPS) is 35.1. The lowest BCUT2D eigenvalue weighted by atomic mass is 9.45. The molecule has 3 rings (SSSR count). The SMILES string of the molecule is CC[C@@]12CC[C@H](O)[C@@H](CCC(O)C3CCCCC3)[C@@H]1CC2=CCCCCC(=O)O. The van der Waals surface area contributed by atoms with Crippen LogP contribution >= 0.6 is 0 Å². The molecule has 0 aromatic carbocycles. The van der Waals surface area contributed by atoms with Crippen molar-refractivity contribution >= 4 is 5.97 Å². The van der Waals surface area contributed by atoms with Crippen molar-refractivity contribution in [2.45, 2.75) is 115 Å². The summed E-state index contributed by atoms with van der Waals surface area (Å²) >= 11 is 0. The van der Waals surface area contributed by atoms with Crippen LogP contribution in [0.2, 0.25) is 0 Å². The van der Waals surface area contributed by atoms with E-state index >= 15 is 0 Å². The Balaban J connectivity index is 1.54. The Morgan fingerprint density at radius 2 is 1.97 bits per heavy atom. The van der Waals surface area contributed by atoms with Crippen LogP contribution in [0.4, 0.5) is 0 Å².